The Labute approximate surface area is 51.9 Å². The lowest BCUT2D eigenvalue weighted by atomic mass is 10.2. The lowest BCUT2D eigenvalue weighted by Crippen LogP contribution is -1.81. The van der Waals surface area contributed by atoms with Crippen molar-refractivity contribution >= 4 is 5.69 Å². The molecule has 0 unspecified atom stereocenters. The molecule has 0 radical (unpaired) electrons. The van der Waals surface area contributed by atoms with Crippen LogP contribution in [0.2, 0.25) is 0 Å². The third-order valence-corrected chi connectivity index (χ3v) is 0.911. The first-order valence-corrected chi connectivity index (χ1v) is 2.44. The number of rotatable bonds is 0. The summed E-state index contributed by atoms with van der Waals surface area (Å²) in [4.78, 5) is 0. The summed E-state index contributed by atoms with van der Waals surface area (Å²) in [5.41, 5.74) is 6.54. The van der Waals surface area contributed by atoms with E-state index in [1.54, 1.807) is 12.1 Å². The van der Waals surface area contributed by atoms with Crippen molar-refractivity contribution in [2.24, 2.45) is 0 Å². The van der Waals surface area contributed by atoms with Gasteiger partial charge in [0, 0.05) is 5.69 Å². The Balaban J connectivity index is 3.31. The fourth-order valence-electron chi connectivity index (χ4n) is 0.467. The largest absolute Gasteiger partial charge is 0.399 e. The standard InChI is InChI=1S/C7H9N/c1-6-2-4-7(8)5-3-6/h2-5H,8H2,1H3/i4D,5D. The molecule has 0 atom stereocenters. The van der Waals surface area contributed by atoms with Gasteiger partial charge in [0.05, 0.1) is 2.74 Å². The van der Waals surface area contributed by atoms with Crippen LogP contribution >= 0.6 is 0 Å². The molecule has 0 bridgehead atoms. The van der Waals surface area contributed by atoms with Gasteiger partial charge in [-0.3, -0.25) is 0 Å². The number of anilines is 1. The van der Waals surface area contributed by atoms with Gasteiger partial charge in [-0.15, -0.1) is 0 Å². The molecule has 0 aliphatic heterocycles. The van der Waals surface area contributed by atoms with Crippen LogP contribution in [0.3, 0.4) is 0 Å². The molecular formula is C7H9N. The van der Waals surface area contributed by atoms with Crippen LogP contribution in [0.15, 0.2) is 24.2 Å². The molecule has 1 aromatic carbocycles. The summed E-state index contributed by atoms with van der Waals surface area (Å²) in [5, 5.41) is 0. The average molecular weight is 109 g/mol. The summed E-state index contributed by atoms with van der Waals surface area (Å²) in [6.45, 7) is 1.84. The van der Waals surface area contributed by atoms with Crippen molar-refractivity contribution in [3.05, 3.63) is 29.8 Å². The van der Waals surface area contributed by atoms with Crippen molar-refractivity contribution in [3.8, 4) is 0 Å². The summed E-state index contributed by atoms with van der Waals surface area (Å²) in [7, 11) is 0. The Morgan fingerprint density at radius 2 is 2.00 bits per heavy atom. The molecule has 0 spiro atoms. The molecular weight excluding hydrogens is 98.1 g/mol. The van der Waals surface area contributed by atoms with E-state index in [4.69, 9.17) is 8.48 Å². The minimum atomic E-state index is 0.241. The highest BCUT2D eigenvalue weighted by Crippen LogP contribution is 2.02. The van der Waals surface area contributed by atoms with E-state index in [-0.39, 0.29) is 17.8 Å². The van der Waals surface area contributed by atoms with Crippen molar-refractivity contribution in [2.75, 3.05) is 5.73 Å². The molecule has 0 aliphatic carbocycles. The van der Waals surface area contributed by atoms with E-state index < -0.39 is 0 Å². The lowest BCUT2D eigenvalue weighted by Gasteiger charge is -1.90. The number of benzene rings is 1. The summed E-state index contributed by atoms with van der Waals surface area (Å²) in [6.07, 6.45) is 0. The van der Waals surface area contributed by atoms with E-state index in [2.05, 4.69) is 0 Å². The molecule has 1 nitrogen and oxygen atoms in total. The highest BCUT2D eigenvalue weighted by Gasteiger charge is 1.80. The minimum Gasteiger partial charge on any atom is -0.399 e. The molecule has 42 valence electrons. The highest BCUT2D eigenvalue weighted by molar-refractivity contribution is 5.38. The molecule has 0 saturated heterocycles. The Bertz CT molecular complexity index is 235. The van der Waals surface area contributed by atoms with Crippen LogP contribution in [-0.2, 0) is 0 Å². The minimum absolute atomic E-state index is 0.241. The van der Waals surface area contributed by atoms with Crippen LogP contribution in [0, 0.1) is 6.92 Å². The van der Waals surface area contributed by atoms with Gasteiger partial charge in [-0.05, 0) is 19.0 Å². The average Bonchev–Trinajstić information content (AvgIpc) is 1.82. The van der Waals surface area contributed by atoms with E-state index in [9.17, 15) is 0 Å². The van der Waals surface area contributed by atoms with E-state index in [1.165, 1.54) is 0 Å². The molecule has 0 saturated carbocycles. The monoisotopic (exact) mass is 109 g/mol. The van der Waals surface area contributed by atoms with Gasteiger partial charge in [-0.1, -0.05) is 17.7 Å². The zero-order valence-corrected chi connectivity index (χ0v) is 4.73. The Kier molecular flexibility index (Phi) is 0.729. The molecule has 0 heterocycles. The summed E-state index contributed by atoms with van der Waals surface area (Å²) in [5.74, 6) is 0. The maximum atomic E-state index is 7.26. The molecule has 1 aromatic rings. The fourth-order valence-corrected chi connectivity index (χ4v) is 0.467. The van der Waals surface area contributed by atoms with Crippen molar-refractivity contribution in [1.29, 1.82) is 0 Å². The van der Waals surface area contributed by atoms with Crippen LogP contribution in [-0.4, -0.2) is 0 Å². The van der Waals surface area contributed by atoms with E-state index in [0.717, 1.165) is 5.56 Å². The van der Waals surface area contributed by atoms with Gasteiger partial charge in [0.15, 0.2) is 0 Å². The quantitative estimate of drug-likeness (QED) is 0.503. The van der Waals surface area contributed by atoms with Gasteiger partial charge in [-0.25, -0.2) is 0 Å². The van der Waals surface area contributed by atoms with Crippen molar-refractivity contribution in [2.45, 2.75) is 6.92 Å². The van der Waals surface area contributed by atoms with E-state index in [1.807, 2.05) is 6.92 Å². The van der Waals surface area contributed by atoms with Crippen molar-refractivity contribution in [1.82, 2.24) is 0 Å². The Morgan fingerprint density at radius 3 is 2.50 bits per heavy atom. The molecule has 0 aromatic heterocycles. The summed E-state index contributed by atoms with van der Waals surface area (Å²) >= 11 is 0. The van der Waals surface area contributed by atoms with Gasteiger partial charge in [-0.2, -0.15) is 0 Å². The van der Waals surface area contributed by atoms with Crippen LogP contribution in [0.25, 0.3) is 0 Å². The second-order valence-electron chi connectivity index (χ2n) is 1.74. The van der Waals surface area contributed by atoms with Gasteiger partial charge in [0.2, 0.25) is 0 Å². The van der Waals surface area contributed by atoms with Crippen molar-refractivity contribution in [3.63, 3.8) is 0 Å². The predicted octanol–water partition coefficient (Wildman–Crippen LogP) is 1.58. The molecule has 8 heavy (non-hydrogen) atoms. The summed E-state index contributed by atoms with van der Waals surface area (Å²) < 4.78 is 14.5. The highest BCUT2D eigenvalue weighted by atomic mass is 14.5. The molecule has 0 fully saturated rings. The fraction of sp³-hybridized carbons (Fsp3) is 0.143. The van der Waals surface area contributed by atoms with Gasteiger partial charge in [0.1, 0.15) is 0 Å². The molecule has 1 rings (SSSR count). The second-order valence-corrected chi connectivity index (χ2v) is 1.74. The normalized spacial score (nSPS) is 12.6. The Hall–Kier alpha value is -0.980. The zero-order valence-electron chi connectivity index (χ0n) is 6.73. The smallest absolute Gasteiger partial charge is 0.0645 e. The number of hydrogen-bond acceptors (Lipinski definition) is 1. The zero-order chi connectivity index (χ0) is 7.72. The predicted molar refractivity (Wildman–Crippen MR) is 35.6 cm³/mol. The van der Waals surface area contributed by atoms with Crippen LogP contribution in [0.4, 0.5) is 5.69 Å². The number of hydrogen-bond donors (Lipinski definition) is 1. The van der Waals surface area contributed by atoms with Crippen LogP contribution in [0.1, 0.15) is 8.30 Å². The second kappa shape index (κ2) is 1.86. The lowest BCUT2D eigenvalue weighted by molar-refractivity contribution is 1.47. The molecule has 0 amide bonds. The van der Waals surface area contributed by atoms with Crippen molar-refractivity contribution < 1.29 is 2.74 Å². The van der Waals surface area contributed by atoms with E-state index in [0.29, 0.717) is 0 Å². The molecule has 2 N–H and O–H groups in total. The van der Waals surface area contributed by atoms with E-state index >= 15 is 0 Å². The van der Waals surface area contributed by atoms with Gasteiger partial charge >= 0.3 is 0 Å². The maximum Gasteiger partial charge on any atom is 0.0645 e. The topological polar surface area (TPSA) is 26.0 Å². The van der Waals surface area contributed by atoms with Gasteiger partial charge in [0.25, 0.3) is 0 Å². The molecule has 0 aliphatic rings. The number of aryl methyl sites for hydroxylation is 1. The first-order chi connectivity index (χ1) is 4.61. The SMILES string of the molecule is [2H]c1cc(C)cc([2H])c1N. The number of nitrogens with two attached hydrogens (primary N) is 1. The Morgan fingerprint density at radius 1 is 1.50 bits per heavy atom. The van der Waals surface area contributed by atoms with Crippen LogP contribution in [0.5, 0.6) is 0 Å². The van der Waals surface area contributed by atoms with Gasteiger partial charge < -0.3 is 5.73 Å². The third-order valence-electron chi connectivity index (χ3n) is 0.911. The maximum absolute atomic E-state index is 7.26. The molecule has 1 heteroatoms. The van der Waals surface area contributed by atoms with Crippen LogP contribution < -0.4 is 5.73 Å². The first kappa shape index (κ1) is 3.13. The summed E-state index contributed by atoms with van der Waals surface area (Å²) in [6, 6.07) is 3.77. The third kappa shape index (κ3) is 0.997. The number of nitrogen functional groups attached to an aromatic ring is 1. The first-order valence-electron chi connectivity index (χ1n) is 3.44.